The van der Waals surface area contributed by atoms with Gasteiger partial charge in [-0.15, -0.1) is 0 Å². The van der Waals surface area contributed by atoms with Crippen molar-refractivity contribution in [1.82, 2.24) is 15.5 Å². The van der Waals surface area contributed by atoms with E-state index in [1.807, 2.05) is 7.05 Å². The number of ether oxygens (including phenoxy) is 2. The fourth-order valence-corrected chi connectivity index (χ4v) is 4.10. The number of hydrogen-bond donors (Lipinski definition) is 2. The van der Waals surface area contributed by atoms with Crippen LogP contribution in [-0.2, 0) is 11.3 Å². The zero-order chi connectivity index (χ0) is 20.5. The van der Waals surface area contributed by atoms with Gasteiger partial charge in [0.2, 0.25) is 0 Å². The lowest BCUT2D eigenvalue weighted by Gasteiger charge is -2.30. The largest absolute Gasteiger partial charge is 0.488 e. The van der Waals surface area contributed by atoms with Crippen LogP contribution in [0.15, 0.2) is 23.2 Å². The number of nitrogens with one attached hydrogen (secondary N) is 2. The van der Waals surface area contributed by atoms with Crippen molar-refractivity contribution in [3.63, 3.8) is 0 Å². The molecular formula is C23H38N4O2. The zero-order valence-corrected chi connectivity index (χ0v) is 18.4. The summed E-state index contributed by atoms with van der Waals surface area (Å²) in [5, 5.41) is 6.88. The van der Waals surface area contributed by atoms with E-state index in [0.717, 1.165) is 55.7 Å². The maximum absolute atomic E-state index is 6.20. The van der Waals surface area contributed by atoms with Gasteiger partial charge in [0.1, 0.15) is 11.9 Å². The molecular weight excluding hydrogens is 364 g/mol. The van der Waals surface area contributed by atoms with Gasteiger partial charge in [0.25, 0.3) is 0 Å². The van der Waals surface area contributed by atoms with Gasteiger partial charge in [0, 0.05) is 38.7 Å². The Morgan fingerprint density at radius 1 is 1.31 bits per heavy atom. The van der Waals surface area contributed by atoms with Gasteiger partial charge in [-0.25, -0.2) is 0 Å². The first-order valence-corrected chi connectivity index (χ1v) is 11.1. The second-order valence-corrected chi connectivity index (χ2v) is 8.47. The zero-order valence-electron chi connectivity index (χ0n) is 18.4. The van der Waals surface area contributed by atoms with Crippen LogP contribution in [0.1, 0.15) is 43.7 Å². The molecule has 2 atom stereocenters. The van der Waals surface area contributed by atoms with Gasteiger partial charge in [-0.3, -0.25) is 4.99 Å². The predicted octanol–water partition coefficient (Wildman–Crippen LogP) is 2.95. The fourth-order valence-electron chi connectivity index (χ4n) is 4.10. The van der Waals surface area contributed by atoms with E-state index in [1.165, 1.54) is 31.5 Å². The number of aryl methyl sites for hydroxylation is 1. The molecule has 1 aromatic rings. The molecule has 162 valence electrons. The van der Waals surface area contributed by atoms with E-state index in [-0.39, 0.29) is 6.10 Å². The van der Waals surface area contributed by atoms with Crippen molar-refractivity contribution in [1.29, 1.82) is 0 Å². The quantitative estimate of drug-likeness (QED) is 0.398. The van der Waals surface area contributed by atoms with Gasteiger partial charge in [0.15, 0.2) is 5.96 Å². The molecule has 2 N–H and O–H groups in total. The van der Waals surface area contributed by atoms with Crippen molar-refractivity contribution in [3.05, 3.63) is 29.3 Å². The van der Waals surface area contributed by atoms with Gasteiger partial charge >= 0.3 is 0 Å². The Bertz CT molecular complexity index is 658. The van der Waals surface area contributed by atoms with Crippen LogP contribution in [0.3, 0.4) is 0 Å². The van der Waals surface area contributed by atoms with E-state index in [0.29, 0.717) is 13.2 Å². The molecule has 3 rings (SSSR count). The van der Waals surface area contributed by atoms with E-state index < -0.39 is 0 Å². The Morgan fingerprint density at radius 2 is 2.21 bits per heavy atom. The molecule has 6 heteroatoms. The third-order valence-corrected chi connectivity index (χ3v) is 5.76. The van der Waals surface area contributed by atoms with Crippen molar-refractivity contribution in [3.8, 4) is 5.75 Å². The Labute approximate surface area is 176 Å². The molecule has 2 heterocycles. The van der Waals surface area contributed by atoms with Gasteiger partial charge in [-0.05, 0) is 56.8 Å². The monoisotopic (exact) mass is 402 g/mol. The van der Waals surface area contributed by atoms with E-state index in [2.05, 4.69) is 52.6 Å². The van der Waals surface area contributed by atoms with Gasteiger partial charge < -0.3 is 25.0 Å². The van der Waals surface area contributed by atoms with Crippen LogP contribution in [-0.4, -0.2) is 63.4 Å². The van der Waals surface area contributed by atoms with Crippen LogP contribution < -0.4 is 15.4 Å². The number of guanidine groups is 1. The number of nitrogens with zero attached hydrogens (tertiary/aromatic N) is 2. The molecule has 2 aliphatic rings. The normalized spacial score (nSPS) is 23.2. The fraction of sp³-hybridized carbons (Fsp3) is 0.696. The van der Waals surface area contributed by atoms with Crippen molar-refractivity contribution in [2.45, 2.75) is 52.2 Å². The van der Waals surface area contributed by atoms with E-state index in [4.69, 9.17) is 9.47 Å². The highest BCUT2D eigenvalue weighted by Crippen LogP contribution is 2.23. The van der Waals surface area contributed by atoms with E-state index >= 15 is 0 Å². The summed E-state index contributed by atoms with van der Waals surface area (Å²) in [4.78, 5) is 6.96. The van der Waals surface area contributed by atoms with Gasteiger partial charge in [-0.2, -0.15) is 0 Å². The van der Waals surface area contributed by atoms with Crippen LogP contribution >= 0.6 is 0 Å². The summed E-state index contributed by atoms with van der Waals surface area (Å²) in [5.74, 6) is 2.63. The number of aliphatic imine (C=N–C) groups is 1. The second kappa shape index (κ2) is 11.4. The molecule has 0 saturated carbocycles. The van der Waals surface area contributed by atoms with Gasteiger partial charge in [-0.1, -0.05) is 19.1 Å². The molecule has 2 aliphatic heterocycles. The average molecular weight is 403 g/mol. The lowest BCUT2D eigenvalue weighted by Crippen LogP contribution is -2.40. The number of likely N-dealkylation sites (tertiary alicyclic amines) is 1. The Hall–Kier alpha value is -1.79. The number of hydrogen-bond acceptors (Lipinski definition) is 4. The lowest BCUT2D eigenvalue weighted by molar-refractivity contribution is 0.140. The minimum absolute atomic E-state index is 0.158. The molecule has 2 unspecified atom stereocenters. The predicted molar refractivity (Wildman–Crippen MR) is 119 cm³/mol. The van der Waals surface area contributed by atoms with Crippen LogP contribution in [0.25, 0.3) is 0 Å². The summed E-state index contributed by atoms with van der Waals surface area (Å²) in [6.45, 7) is 11.2. The topological polar surface area (TPSA) is 58.1 Å². The number of rotatable bonds is 8. The van der Waals surface area contributed by atoms with E-state index in [1.54, 1.807) is 0 Å². The van der Waals surface area contributed by atoms with Crippen LogP contribution in [0.5, 0.6) is 5.75 Å². The Morgan fingerprint density at radius 3 is 2.97 bits per heavy atom. The molecule has 1 aromatic carbocycles. The van der Waals surface area contributed by atoms with Crippen LogP contribution in [0.2, 0.25) is 0 Å². The molecule has 0 spiro atoms. The van der Waals surface area contributed by atoms with Crippen molar-refractivity contribution in [2.24, 2.45) is 10.9 Å². The summed E-state index contributed by atoms with van der Waals surface area (Å²) >= 11 is 0. The highest BCUT2D eigenvalue weighted by molar-refractivity contribution is 5.79. The van der Waals surface area contributed by atoms with Crippen LogP contribution in [0.4, 0.5) is 0 Å². The molecule has 0 aromatic heterocycles. The number of piperidine rings is 1. The second-order valence-electron chi connectivity index (χ2n) is 8.47. The molecule has 0 bridgehead atoms. The number of benzene rings is 1. The summed E-state index contributed by atoms with van der Waals surface area (Å²) in [7, 11) is 1.82. The molecule has 0 amide bonds. The van der Waals surface area contributed by atoms with Crippen molar-refractivity contribution in [2.75, 3.05) is 46.4 Å². The first-order chi connectivity index (χ1) is 14.1. The molecule has 6 nitrogen and oxygen atoms in total. The Kier molecular flexibility index (Phi) is 8.62. The van der Waals surface area contributed by atoms with Gasteiger partial charge in [0.05, 0.1) is 13.2 Å². The molecule has 29 heavy (non-hydrogen) atoms. The lowest BCUT2D eigenvalue weighted by atomic mass is 10.0. The summed E-state index contributed by atoms with van der Waals surface area (Å²) in [6.07, 6.45) is 4.97. The minimum Gasteiger partial charge on any atom is -0.488 e. The van der Waals surface area contributed by atoms with Crippen molar-refractivity contribution < 1.29 is 9.47 Å². The van der Waals surface area contributed by atoms with Crippen molar-refractivity contribution >= 4 is 5.96 Å². The summed E-state index contributed by atoms with van der Waals surface area (Å²) < 4.78 is 11.6. The third kappa shape index (κ3) is 7.19. The molecule has 2 fully saturated rings. The first kappa shape index (κ1) is 21.9. The summed E-state index contributed by atoms with van der Waals surface area (Å²) in [6, 6.07) is 6.38. The first-order valence-electron chi connectivity index (χ1n) is 11.1. The maximum Gasteiger partial charge on any atom is 0.191 e. The summed E-state index contributed by atoms with van der Waals surface area (Å²) in [5.41, 5.74) is 2.35. The minimum atomic E-state index is 0.158. The smallest absolute Gasteiger partial charge is 0.191 e. The SMILES string of the molecule is CN=C(NCCCN1CCCC(C)C1)NCc1ccc(C)cc1OC1CCOC1. The molecule has 0 radical (unpaired) electrons. The molecule has 2 saturated heterocycles. The highest BCUT2D eigenvalue weighted by atomic mass is 16.5. The standard InChI is InChI=1S/C23H38N4O2/c1-18-7-8-20(22(14-18)29-21-9-13-28-17-21)15-26-23(24-3)25-10-5-12-27-11-4-6-19(2)16-27/h7-8,14,19,21H,4-6,9-13,15-17H2,1-3H3,(H2,24,25,26). The third-order valence-electron chi connectivity index (χ3n) is 5.76. The van der Waals surface area contributed by atoms with Crippen LogP contribution in [0, 0.1) is 12.8 Å². The highest BCUT2D eigenvalue weighted by Gasteiger charge is 2.19. The molecule has 0 aliphatic carbocycles. The average Bonchev–Trinajstić information content (AvgIpc) is 3.22. The van der Waals surface area contributed by atoms with E-state index in [9.17, 15) is 0 Å². The maximum atomic E-state index is 6.20. The Balaban J connectivity index is 1.43.